The van der Waals surface area contributed by atoms with E-state index in [-0.39, 0.29) is 33.9 Å². The second-order valence-corrected chi connectivity index (χ2v) is 11.1. The molecule has 1 fully saturated rings. The van der Waals surface area contributed by atoms with Crippen molar-refractivity contribution in [1.82, 2.24) is 9.47 Å². The van der Waals surface area contributed by atoms with E-state index in [0.29, 0.717) is 26.1 Å². The number of sulfonamides is 1. The van der Waals surface area contributed by atoms with E-state index in [1.165, 1.54) is 12.1 Å². The number of aromatic nitrogens is 1. The largest absolute Gasteiger partial charge is 0.341 e. The van der Waals surface area contributed by atoms with Gasteiger partial charge in [0, 0.05) is 36.1 Å². The third kappa shape index (κ3) is 3.98. The monoisotopic (exact) mass is 469 g/mol. The van der Waals surface area contributed by atoms with Crippen molar-refractivity contribution in [1.29, 1.82) is 0 Å². The summed E-state index contributed by atoms with van der Waals surface area (Å²) in [5.74, 6) is 0.361. The van der Waals surface area contributed by atoms with E-state index in [0.717, 1.165) is 17.0 Å². The zero-order valence-electron chi connectivity index (χ0n) is 17.3. The van der Waals surface area contributed by atoms with Crippen LogP contribution in [0.15, 0.2) is 69.7 Å². The Bertz CT molecular complexity index is 1300. The van der Waals surface area contributed by atoms with Crippen LogP contribution in [0.2, 0.25) is 0 Å². The number of hydrogen-bond donors (Lipinski definition) is 1. The number of piperidine rings is 1. The number of carbonyl (C=O) groups is 1. The third-order valence-electron chi connectivity index (χ3n) is 6.16. The summed E-state index contributed by atoms with van der Waals surface area (Å²) < 4.78 is 29.5. The predicted molar refractivity (Wildman–Crippen MR) is 123 cm³/mol. The van der Waals surface area contributed by atoms with Gasteiger partial charge in [-0.15, -0.1) is 11.3 Å². The van der Waals surface area contributed by atoms with Gasteiger partial charge in [-0.3, -0.25) is 14.3 Å². The Morgan fingerprint density at radius 1 is 1.03 bits per heavy atom. The second-order valence-electron chi connectivity index (χ2n) is 8.36. The normalized spacial score (nSPS) is 19.9. The van der Waals surface area contributed by atoms with Gasteiger partial charge in [0.15, 0.2) is 0 Å². The van der Waals surface area contributed by atoms with E-state index in [1.54, 1.807) is 40.2 Å². The second kappa shape index (κ2) is 8.22. The molecule has 9 heteroatoms. The van der Waals surface area contributed by atoms with Crippen LogP contribution in [0.1, 0.15) is 22.9 Å². The molecule has 3 aromatic rings. The van der Waals surface area contributed by atoms with Crippen LogP contribution in [0, 0.1) is 5.92 Å². The van der Waals surface area contributed by atoms with Crippen LogP contribution < -0.4 is 10.3 Å². The van der Waals surface area contributed by atoms with Gasteiger partial charge in [-0.1, -0.05) is 24.3 Å². The molecule has 2 aliphatic rings. The number of carbonyl (C=O) groups excluding carboxylic acids is 1. The van der Waals surface area contributed by atoms with Crippen molar-refractivity contribution in [3.63, 3.8) is 0 Å². The van der Waals surface area contributed by atoms with Crippen LogP contribution in [-0.2, 0) is 27.8 Å². The molecule has 0 radical (unpaired) electrons. The maximum absolute atomic E-state index is 13.1. The number of hydrogen-bond acceptors (Lipinski definition) is 5. The third-order valence-corrected chi connectivity index (χ3v) is 8.42. The number of pyridine rings is 1. The lowest BCUT2D eigenvalue weighted by Crippen LogP contribution is -2.49. The average molecular weight is 470 g/mol. The van der Waals surface area contributed by atoms with Gasteiger partial charge in [0.1, 0.15) is 5.69 Å². The molecule has 7 nitrogen and oxygen atoms in total. The van der Waals surface area contributed by atoms with Crippen LogP contribution in [-0.4, -0.2) is 36.9 Å². The Hall–Kier alpha value is -2.91. The van der Waals surface area contributed by atoms with Gasteiger partial charge in [0.05, 0.1) is 11.3 Å². The molecule has 1 aromatic carbocycles. The quantitative estimate of drug-likeness (QED) is 0.622. The van der Waals surface area contributed by atoms with E-state index < -0.39 is 10.0 Å². The molecule has 0 spiro atoms. The zero-order chi connectivity index (χ0) is 22.3. The molecule has 5 rings (SSSR count). The van der Waals surface area contributed by atoms with Crippen molar-refractivity contribution >= 4 is 33.0 Å². The van der Waals surface area contributed by atoms with Crippen LogP contribution >= 0.6 is 11.3 Å². The first kappa shape index (κ1) is 21.0. The van der Waals surface area contributed by atoms with Crippen LogP contribution in [0.25, 0.3) is 0 Å². The van der Waals surface area contributed by atoms with Gasteiger partial charge in [0.25, 0.3) is 15.6 Å². The van der Waals surface area contributed by atoms with Crippen molar-refractivity contribution in [2.24, 2.45) is 5.92 Å². The molecule has 0 aliphatic carbocycles. The Morgan fingerprint density at radius 2 is 1.84 bits per heavy atom. The molecule has 2 aromatic heterocycles. The summed E-state index contributed by atoms with van der Waals surface area (Å²) in [5, 5.41) is 1.97. The van der Waals surface area contributed by atoms with Gasteiger partial charge in [-0.2, -0.15) is 0 Å². The molecular formula is C23H23N3O4S2. The highest BCUT2D eigenvalue weighted by Gasteiger charge is 2.36. The van der Waals surface area contributed by atoms with Crippen LogP contribution in [0.4, 0.5) is 5.69 Å². The van der Waals surface area contributed by atoms with Crippen LogP contribution in [0.3, 0.4) is 0 Å². The molecule has 1 N–H and O–H groups in total. The fourth-order valence-corrected chi connectivity index (χ4v) is 6.48. The number of rotatable bonds is 5. The molecular weight excluding hydrogens is 446 g/mol. The number of amides is 1. The number of likely N-dealkylation sites (tertiary alicyclic amines) is 1. The van der Waals surface area contributed by atoms with Crippen molar-refractivity contribution in [2.45, 2.75) is 30.2 Å². The number of nitrogens with zero attached hydrogens (tertiary/aromatic N) is 2. The number of fused-ring (bicyclic) bond motifs is 4. The molecule has 2 atom stereocenters. The molecule has 1 saturated heterocycles. The number of thiophene rings is 1. The van der Waals surface area contributed by atoms with E-state index >= 15 is 0 Å². The standard InChI is InChI=1S/C23H23N3O4S2/c27-22(12-18-5-4-10-31-18)25-13-16-11-17(15-25)21-9-8-20(23(28)26(21)14-16)24-32(29,30)19-6-2-1-3-7-19/h1-10,16-17,24H,11-15H2/t16-,17-/m1/s1. The molecule has 2 bridgehead atoms. The lowest BCUT2D eigenvalue weighted by Gasteiger charge is -2.43. The molecule has 166 valence electrons. The van der Waals surface area contributed by atoms with Gasteiger partial charge in [0.2, 0.25) is 5.91 Å². The van der Waals surface area contributed by atoms with E-state index in [2.05, 4.69) is 4.72 Å². The zero-order valence-corrected chi connectivity index (χ0v) is 18.9. The molecule has 32 heavy (non-hydrogen) atoms. The molecule has 2 aliphatic heterocycles. The van der Waals surface area contributed by atoms with Crippen molar-refractivity contribution < 1.29 is 13.2 Å². The first-order valence-corrected chi connectivity index (χ1v) is 12.9. The van der Waals surface area contributed by atoms with Gasteiger partial charge < -0.3 is 9.47 Å². The lowest BCUT2D eigenvalue weighted by molar-refractivity contribution is -0.133. The summed E-state index contributed by atoms with van der Waals surface area (Å²) in [6.07, 6.45) is 1.33. The minimum Gasteiger partial charge on any atom is -0.341 e. The Labute approximate surface area is 190 Å². The van der Waals surface area contributed by atoms with Crippen molar-refractivity contribution in [2.75, 3.05) is 17.8 Å². The summed E-state index contributed by atoms with van der Waals surface area (Å²) in [6, 6.07) is 15.3. The summed E-state index contributed by atoms with van der Waals surface area (Å²) in [4.78, 5) is 29.0. The van der Waals surface area contributed by atoms with Gasteiger partial charge >= 0.3 is 0 Å². The Kier molecular flexibility index (Phi) is 5.38. The molecule has 0 saturated carbocycles. The van der Waals surface area contributed by atoms with Gasteiger partial charge in [-0.05, 0) is 48.1 Å². The highest BCUT2D eigenvalue weighted by Crippen LogP contribution is 2.36. The fourth-order valence-electron chi connectivity index (χ4n) is 4.70. The van der Waals surface area contributed by atoms with E-state index in [1.807, 2.05) is 28.5 Å². The fraction of sp³-hybridized carbons (Fsp3) is 0.304. The van der Waals surface area contributed by atoms with E-state index in [9.17, 15) is 18.0 Å². The Balaban J connectivity index is 1.38. The minimum absolute atomic E-state index is 0.0446. The van der Waals surface area contributed by atoms with Crippen molar-refractivity contribution in [3.05, 3.63) is 80.9 Å². The highest BCUT2D eigenvalue weighted by molar-refractivity contribution is 7.92. The smallest absolute Gasteiger partial charge is 0.275 e. The van der Waals surface area contributed by atoms with Crippen LogP contribution in [0.5, 0.6) is 0 Å². The summed E-state index contributed by atoms with van der Waals surface area (Å²) in [7, 11) is -3.84. The van der Waals surface area contributed by atoms with Crippen molar-refractivity contribution in [3.8, 4) is 0 Å². The van der Waals surface area contributed by atoms with Gasteiger partial charge in [-0.25, -0.2) is 8.42 Å². The first-order chi connectivity index (χ1) is 15.4. The maximum atomic E-state index is 13.1. The lowest BCUT2D eigenvalue weighted by atomic mass is 9.83. The molecule has 0 unspecified atom stereocenters. The SMILES string of the molecule is O=C(Cc1cccs1)N1C[C@H]2C[C@H](C1)c1ccc(NS(=O)(=O)c3ccccc3)c(=O)n1C2. The summed E-state index contributed by atoms with van der Waals surface area (Å²) in [6.45, 7) is 1.68. The summed E-state index contributed by atoms with van der Waals surface area (Å²) >= 11 is 1.58. The highest BCUT2D eigenvalue weighted by atomic mass is 32.2. The number of nitrogens with one attached hydrogen (secondary N) is 1. The van der Waals surface area contributed by atoms with E-state index in [4.69, 9.17) is 0 Å². The Morgan fingerprint density at radius 3 is 2.59 bits per heavy atom. The summed E-state index contributed by atoms with van der Waals surface area (Å²) in [5.41, 5.74) is 0.570. The molecule has 1 amide bonds. The number of benzene rings is 1. The number of anilines is 1. The first-order valence-electron chi connectivity index (χ1n) is 10.5. The minimum atomic E-state index is -3.84. The topological polar surface area (TPSA) is 88.5 Å². The average Bonchev–Trinajstić information content (AvgIpc) is 3.29. The predicted octanol–water partition coefficient (Wildman–Crippen LogP) is 2.90. The maximum Gasteiger partial charge on any atom is 0.275 e. The molecule has 4 heterocycles.